The number of hydrogen-bond acceptors (Lipinski definition) is 10. The molecule has 13 heteroatoms. The molecular formula is C37H44ClFN8O3. The van der Waals surface area contributed by atoms with Gasteiger partial charge in [-0.25, -0.2) is 4.39 Å². The number of rotatable bonds is 9. The first kappa shape index (κ1) is 34.4. The van der Waals surface area contributed by atoms with Crippen LogP contribution in [-0.4, -0.2) is 122 Å². The zero-order valence-electron chi connectivity index (χ0n) is 28.6. The maximum Gasteiger partial charge on any atom is 0.318 e. The number of fused-ring (bicyclic) bond motifs is 2. The lowest BCUT2D eigenvalue weighted by Crippen LogP contribution is -2.56. The van der Waals surface area contributed by atoms with Crippen molar-refractivity contribution in [1.29, 1.82) is 5.26 Å². The molecule has 3 aromatic rings. The molecule has 0 radical (unpaired) electrons. The van der Waals surface area contributed by atoms with Crippen molar-refractivity contribution >= 4 is 39.8 Å². The van der Waals surface area contributed by atoms with Crippen molar-refractivity contribution in [2.24, 2.45) is 0 Å². The van der Waals surface area contributed by atoms with Crippen LogP contribution in [0.2, 0.25) is 5.02 Å². The summed E-state index contributed by atoms with van der Waals surface area (Å²) in [5.41, 5.74) is 3.25. The molecule has 264 valence electrons. The molecule has 2 aromatic carbocycles. The van der Waals surface area contributed by atoms with E-state index in [1.807, 2.05) is 23.1 Å². The molecule has 4 aliphatic rings. The zero-order chi connectivity index (χ0) is 34.8. The second kappa shape index (κ2) is 15.1. The van der Waals surface area contributed by atoms with Gasteiger partial charge in [0.2, 0.25) is 0 Å². The molecule has 0 unspecified atom stereocenters. The van der Waals surface area contributed by atoms with Gasteiger partial charge in [0.05, 0.1) is 49.0 Å². The quantitative estimate of drug-likeness (QED) is 0.301. The van der Waals surface area contributed by atoms with Crippen molar-refractivity contribution in [1.82, 2.24) is 24.7 Å². The number of piperazine rings is 1. The molecule has 1 aromatic heterocycles. The molecule has 4 aliphatic heterocycles. The number of nitriles is 1. The summed E-state index contributed by atoms with van der Waals surface area (Å²) in [6.07, 6.45) is 3.04. The Balaban J connectivity index is 1.16. The van der Waals surface area contributed by atoms with Gasteiger partial charge < -0.3 is 29.1 Å². The fourth-order valence-corrected chi connectivity index (χ4v) is 8.00. The first-order chi connectivity index (χ1) is 24.3. The van der Waals surface area contributed by atoms with Crippen molar-refractivity contribution < 1.29 is 18.7 Å². The average molecular weight is 703 g/mol. The Kier molecular flexibility index (Phi) is 10.4. The fourth-order valence-electron chi connectivity index (χ4n) is 7.73. The number of aromatic nitrogens is 2. The molecule has 7 rings (SSSR count). The van der Waals surface area contributed by atoms with Gasteiger partial charge in [0.15, 0.2) is 0 Å². The topological polar surface area (TPSA) is 101 Å². The smallest absolute Gasteiger partial charge is 0.318 e. The second-order valence-corrected chi connectivity index (χ2v) is 14.1. The molecule has 0 bridgehead atoms. The SMILES string of the molecule is C=C(CN1CCOCC1)C(=O)N1CCN(c2nc(OC[C@@H]3CCCN3C)nc3c2CCN(c2cccc4ccc(F)c(Cl)c24)C3)C[C@@H]1CC#N. The number of hydrogen-bond donors (Lipinski definition) is 0. The molecule has 2 atom stereocenters. The summed E-state index contributed by atoms with van der Waals surface area (Å²) in [5.74, 6) is 0.232. The predicted molar refractivity (Wildman–Crippen MR) is 191 cm³/mol. The number of amides is 1. The molecule has 0 spiro atoms. The number of likely N-dealkylation sites (tertiary alicyclic amines) is 1. The monoisotopic (exact) mass is 702 g/mol. The molecule has 0 N–H and O–H groups in total. The second-order valence-electron chi connectivity index (χ2n) is 13.7. The Bertz CT molecular complexity index is 1800. The van der Waals surface area contributed by atoms with Crippen LogP contribution in [0.1, 0.15) is 30.5 Å². The van der Waals surface area contributed by atoms with Crippen molar-refractivity contribution in [3.63, 3.8) is 0 Å². The highest BCUT2D eigenvalue weighted by atomic mass is 35.5. The Morgan fingerprint density at radius 3 is 2.72 bits per heavy atom. The fraction of sp³-hybridized carbons (Fsp3) is 0.514. The molecule has 11 nitrogen and oxygen atoms in total. The first-order valence-electron chi connectivity index (χ1n) is 17.6. The molecule has 0 saturated carbocycles. The van der Waals surface area contributed by atoms with Crippen LogP contribution in [0, 0.1) is 17.1 Å². The van der Waals surface area contributed by atoms with Crippen molar-refractivity contribution in [2.45, 2.75) is 44.3 Å². The summed E-state index contributed by atoms with van der Waals surface area (Å²) < 4.78 is 26.4. The third-order valence-corrected chi connectivity index (χ3v) is 10.9. The molecule has 0 aliphatic carbocycles. The number of carbonyl (C=O) groups excluding carboxylic acids is 1. The molecule has 3 saturated heterocycles. The van der Waals surface area contributed by atoms with E-state index in [9.17, 15) is 14.4 Å². The standard InChI is InChI=1S/C37H44ClFN8O3/c1-25(21-44-17-19-49-20-18-44)36(48)47-16-15-46(22-27(47)10-12-40)35-29-11-14-45(32-7-3-5-26-8-9-30(39)34(38)33(26)32)23-31(29)41-37(42-35)50-24-28-6-4-13-43(28)2/h3,5,7-9,27-28H,1,4,6,10-11,13-24H2,2H3/t27-,28-/m0/s1. The van der Waals surface area contributed by atoms with Gasteiger partial charge in [-0.2, -0.15) is 15.2 Å². The van der Waals surface area contributed by atoms with Gasteiger partial charge >= 0.3 is 6.01 Å². The number of benzene rings is 2. The Labute approximate surface area is 297 Å². The van der Waals surface area contributed by atoms with Crippen LogP contribution in [0.4, 0.5) is 15.9 Å². The molecule has 50 heavy (non-hydrogen) atoms. The molecular weight excluding hydrogens is 659 g/mol. The van der Waals surface area contributed by atoms with E-state index in [2.05, 4.69) is 39.3 Å². The lowest BCUT2D eigenvalue weighted by atomic mass is 10.0. The molecule has 5 heterocycles. The highest BCUT2D eigenvalue weighted by Gasteiger charge is 2.35. The Morgan fingerprint density at radius 1 is 1.10 bits per heavy atom. The predicted octanol–water partition coefficient (Wildman–Crippen LogP) is 4.28. The van der Waals surface area contributed by atoms with E-state index >= 15 is 0 Å². The third kappa shape index (κ3) is 7.10. The van der Waals surface area contributed by atoms with E-state index in [-0.39, 0.29) is 23.4 Å². The van der Waals surface area contributed by atoms with Gasteiger partial charge in [-0.3, -0.25) is 9.69 Å². The van der Waals surface area contributed by atoms with Gasteiger partial charge in [0, 0.05) is 74.1 Å². The highest BCUT2D eigenvalue weighted by Crippen LogP contribution is 2.38. The summed E-state index contributed by atoms with van der Waals surface area (Å²) in [4.78, 5) is 34.3. The first-order valence-corrected chi connectivity index (χ1v) is 17.9. The van der Waals surface area contributed by atoms with Gasteiger partial charge in [0.25, 0.3) is 5.91 Å². The largest absolute Gasteiger partial charge is 0.462 e. The minimum absolute atomic E-state index is 0.105. The van der Waals surface area contributed by atoms with Gasteiger partial charge in [0.1, 0.15) is 18.2 Å². The lowest BCUT2D eigenvalue weighted by Gasteiger charge is -2.43. The van der Waals surface area contributed by atoms with Crippen molar-refractivity contribution in [3.05, 3.63) is 64.6 Å². The van der Waals surface area contributed by atoms with Crippen LogP contribution < -0.4 is 14.5 Å². The van der Waals surface area contributed by atoms with E-state index in [1.54, 1.807) is 6.07 Å². The third-order valence-electron chi connectivity index (χ3n) is 10.5. The van der Waals surface area contributed by atoms with Crippen LogP contribution in [0.5, 0.6) is 6.01 Å². The average Bonchev–Trinajstić information content (AvgIpc) is 3.55. The highest BCUT2D eigenvalue weighted by molar-refractivity contribution is 6.36. The molecule has 1 amide bonds. The number of morpholine rings is 1. The van der Waals surface area contributed by atoms with E-state index in [1.165, 1.54) is 6.07 Å². The lowest BCUT2D eigenvalue weighted by molar-refractivity contribution is -0.130. The number of carbonyl (C=O) groups is 1. The zero-order valence-corrected chi connectivity index (χ0v) is 29.4. The van der Waals surface area contributed by atoms with Crippen LogP contribution in [0.25, 0.3) is 10.8 Å². The van der Waals surface area contributed by atoms with Gasteiger partial charge in [-0.05, 0) is 50.4 Å². The minimum atomic E-state index is -0.449. The minimum Gasteiger partial charge on any atom is -0.462 e. The molecule has 3 fully saturated rings. The van der Waals surface area contributed by atoms with Crippen LogP contribution in [0.3, 0.4) is 0 Å². The Morgan fingerprint density at radius 2 is 1.94 bits per heavy atom. The van der Waals surface area contributed by atoms with Gasteiger partial charge in [-0.1, -0.05) is 36.4 Å². The number of nitrogens with zero attached hydrogens (tertiary/aromatic N) is 8. The van der Waals surface area contributed by atoms with Crippen LogP contribution in [-0.2, 0) is 22.5 Å². The Hall–Kier alpha value is -4.02. The van der Waals surface area contributed by atoms with Crippen LogP contribution in [0.15, 0.2) is 42.5 Å². The summed E-state index contributed by atoms with van der Waals surface area (Å²) in [7, 11) is 2.11. The number of halogens is 2. The number of ether oxygens (including phenoxy) is 2. The van der Waals surface area contributed by atoms with E-state index in [0.717, 1.165) is 60.6 Å². The van der Waals surface area contributed by atoms with Crippen molar-refractivity contribution in [2.75, 3.05) is 89.0 Å². The van der Waals surface area contributed by atoms with Gasteiger partial charge in [-0.15, -0.1) is 0 Å². The van der Waals surface area contributed by atoms with Crippen LogP contribution >= 0.6 is 11.6 Å². The summed E-state index contributed by atoms with van der Waals surface area (Å²) in [5, 5.41) is 11.5. The van der Waals surface area contributed by atoms with E-state index < -0.39 is 5.82 Å². The maximum absolute atomic E-state index is 14.6. The number of anilines is 2. The summed E-state index contributed by atoms with van der Waals surface area (Å²) >= 11 is 6.54. The van der Waals surface area contributed by atoms with E-state index in [4.69, 9.17) is 31.0 Å². The maximum atomic E-state index is 14.6. The number of likely N-dealkylation sites (N-methyl/N-ethyl adjacent to an activating group) is 1. The normalized spacial score (nSPS) is 21.7. The van der Waals surface area contributed by atoms with E-state index in [0.29, 0.717) is 88.5 Å². The summed E-state index contributed by atoms with van der Waals surface area (Å²) in [6.45, 7) is 11.6. The summed E-state index contributed by atoms with van der Waals surface area (Å²) in [6, 6.07) is 11.6. The van der Waals surface area contributed by atoms with Crippen molar-refractivity contribution in [3.8, 4) is 12.1 Å².